The van der Waals surface area contributed by atoms with Crippen molar-refractivity contribution < 1.29 is 9.84 Å². The van der Waals surface area contributed by atoms with Crippen molar-refractivity contribution in [2.75, 3.05) is 6.61 Å². The normalized spacial score (nSPS) is 12.7. The Morgan fingerprint density at radius 1 is 1.24 bits per heavy atom. The van der Waals surface area contributed by atoms with Crippen molar-refractivity contribution in [1.29, 1.82) is 0 Å². The van der Waals surface area contributed by atoms with Gasteiger partial charge in [0.25, 0.3) is 0 Å². The molecule has 2 heteroatoms. The maximum absolute atomic E-state index is 9.67. The molecule has 1 unspecified atom stereocenters. The molecule has 0 radical (unpaired) electrons. The first-order valence-electron chi connectivity index (χ1n) is 5.78. The quantitative estimate of drug-likeness (QED) is 0.641. The van der Waals surface area contributed by atoms with Gasteiger partial charge in [0.2, 0.25) is 0 Å². The van der Waals surface area contributed by atoms with E-state index in [2.05, 4.69) is 11.8 Å². The van der Waals surface area contributed by atoms with Crippen LogP contribution in [-0.2, 0) is 11.3 Å². The molecule has 0 bridgehead atoms. The lowest BCUT2D eigenvalue weighted by molar-refractivity contribution is 0.113. The molecule has 0 amide bonds. The predicted molar refractivity (Wildman–Crippen MR) is 69.3 cm³/mol. The summed E-state index contributed by atoms with van der Waals surface area (Å²) in [6, 6.07) is 9.96. The zero-order chi connectivity index (χ0) is 12.7. The van der Waals surface area contributed by atoms with Gasteiger partial charge in [0.1, 0.15) is 12.7 Å². The highest BCUT2D eigenvalue weighted by Crippen LogP contribution is 2.17. The standard InChI is InChI=1S/C15H20O2/c1-15(2,3)14(16)10-7-11-17-12-13-8-5-4-6-9-13/h4-6,8-9,14,16H,11-12H2,1-3H3. The molecular weight excluding hydrogens is 212 g/mol. The molecule has 17 heavy (non-hydrogen) atoms. The number of ether oxygens (including phenoxy) is 1. The molecule has 1 aromatic rings. The van der Waals surface area contributed by atoms with Crippen LogP contribution in [-0.4, -0.2) is 17.8 Å². The zero-order valence-electron chi connectivity index (χ0n) is 10.7. The minimum Gasteiger partial charge on any atom is -0.380 e. The van der Waals surface area contributed by atoms with Gasteiger partial charge in [0.15, 0.2) is 0 Å². The van der Waals surface area contributed by atoms with E-state index in [0.717, 1.165) is 5.56 Å². The summed E-state index contributed by atoms with van der Waals surface area (Å²) < 4.78 is 5.40. The lowest BCUT2D eigenvalue weighted by Gasteiger charge is -2.20. The van der Waals surface area contributed by atoms with Crippen LogP contribution in [0.2, 0.25) is 0 Å². The molecule has 92 valence electrons. The SMILES string of the molecule is CC(C)(C)C(O)C#CCOCc1ccccc1. The Balaban J connectivity index is 2.28. The van der Waals surface area contributed by atoms with Crippen LogP contribution in [0.15, 0.2) is 30.3 Å². The molecule has 0 saturated heterocycles. The van der Waals surface area contributed by atoms with Crippen molar-refractivity contribution in [1.82, 2.24) is 0 Å². The Morgan fingerprint density at radius 2 is 1.88 bits per heavy atom. The average Bonchev–Trinajstić information content (AvgIpc) is 2.28. The Morgan fingerprint density at radius 3 is 2.47 bits per heavy atom. The summed E-state index contributed by atoms with van der Waals surface area (Å²) in [4.78, 5) is 0. The van der Waals surface area contributed by atoms with E-state index in [1.165, 1.54) is 0 Å². The molecule has 0 aliphatic heterocycles. The second-order valence-corrected chi connectivity index (χ2v) is 5.07. The van der Waals surface area contributed by atoms with Gasteiger partial charge < -0.3 is 9.84 Å². The highest BCUT2D eigenvalue weighted by molar-refractivity contribution is 5.13. The van der Waals surface area contributed by atoms with Gasteiger partial charge in [-0.2, -0.15) is 0 Å². The Bertz CT molecular complexity index is 379. The highest BCUT2D eigenvalue weighted by Gasteiger charge is 2.19. The Labute approximate surface area is 104 Å². The topological polar surface area (TPSA) is 29.5 Å². The van der Waals surface area contributed by atoms with Crippen LogP contribution in [0.1, 0.15) is 26.3 Å². The number of hydrogen-bond acceptors (Lipinski definition) is 2. The number of aliphatic hydroxyl groups is 1. The number of rotatable bonds is 3. The fourth-order valence-corrected chi connectivity index (χ4v) is 1.15. The monoisotopic (exact) mass is 232 g/mol. The zero-order valence-corrected chi connectivity index (χ0v) is 10.7. The second-order valence-electron chi connectivity index (χ2n) is 5.07. The van der Waals surface area contributed by atoms with E-state index in [0.29, 0.717) is 13.2 Å². The van der Waals surface area contributed by atoms with Crippen LogP contribution in [0.25, 0.3) is 0 Å². The van der Waals surface area contributed by atoms with E-state index in [9.17, 15) is 5.11 Å². The third kappa shape index (κ3) is 5.53. The first-order chi connectivity index (χ1) is 8.00. The van der Waals surface area contributed by atoms with Crippen LogP contribution in [0, 0.1) is 17.3 Å². The van der Waals surface area contributed by atoms with E-state index in [1.54, 1.807) is 0 Å². The molecule has 0 saturated carbocycles. The summed E-state index contributed by atoms with van der Waals surface area (Å²) in [7, 11) is 0. The number of aliphatic hydroxyl groups excluding tert-OH is 1. The van der Waals surface area contributed by atoms with Gasteiger partial charge >= 0.3 is 0 Å². The lowest BCUT2D eigenvalue weighted by atomic mass is 9.90. The van der Waals surface area contributed by atoms with Crippen LogP contribution < -0.4 is 0 Å². The summed E-state index contributed by atoms with van der Waals surface area (Å²) in [6.07, 6.45) is -0.608. The van der Waals surface area contributed by atoms with Gasteiger partial charge in [-0.1, -0.05) is 62.9 Å². The molecule has 0 aromatic heterocycles. The smallest absolute Gasteiger partial charge is 0.119 e. The molecule has 1 rings (SSSR count). The van der Waals surface area contributed by atoms with Gasteiger partial charge in [0.05, 0.1) is 6.61 Å². The van der Waals surface area contributed by atoms with Crippen molar-refractivity contribution in [2.45, 2.75) is 33.5 Å². The molecule has 0 spiro atoms. The Kier molecular flexibility index (Phi) is 5.21. The first kappa shape index (κ1) is 13.8. The largest absolute Gasteiger partial charge is 0.380 e. The third-order valence-corrected chi connectivity index (χ3v) is 2.34. The second kappa shape index (κ2) is 6.44. The van der Waals surface area contributed by atoms with Gasteiger partial charge in [-0.3, -0.25) is 0 Å². The maximum atomic E-state index is 9.67. The Hall–Kier alpha value is -1.30. The van der Waals surface area contributed by atoms with Gasteiger partial charge in [-0.15, -0.1) is 0 Å². The van der Waals surface area contributed by atoms with Gasteiger partial charge in [-0.05, 0) is 11.0 Å². The van der Waals surface area contributed by atoms with E-state index < -0.39 is 6.10 Å². The van der Waals surface area contributed by atoms with E-state index in [1.807, 2.05) is 51.1 Å². The first-order valence-corrected chi connectivity index (χ1v) is 5.78. The summed E-state index contributed by atoms with van der Waals surface area (Å²) in [6.45, 7) is 6.77. The fraction of sp³-hybridized carbons (Fsp3) is 0.467. The molecular formula is C15H20O2. The predicted octanol–water partition coefficient (Wildman–Crippen LogP) is 2.61. The fourth-order valence-electron chi connectivity index (χ4n) is 1.15. The summed E-state index contributed by atoms with van der Waals surface area (Å²) in [5.74, 6) is 5.63. The minimum absolute atomic E-state index is 0.202. The molecule has 0 heterocycles. The third-order valence-electron chi connectivity index (χ3n) is 2.34. The molecule has 0 aliphatic carbocycles. The van der Waals surface area contributed by atoms with Crippen molar-refractivity contribution in [3.05, 3.63) is 35.9 Å². The molecule has 0 aliphatic rings. The summed E-state index contributed by atoms with van der Waals surface area (Å²) in [5.41, 5.74) is 0.928. The van der Waals surface area contributed by atoms with Crippen molar-refractivity contribution >= 4 is 0 Å². The summed E-state index contributed by atoms with van der Waals surface area (Å²) >= 11 is 0. The molecule has 1 N–H and O–H groups in total. The van der Waals surface area contributed by atoms with E-state index >= 15 is 0 Å². The maximum Gasteiger partial charge on any atom is 0.119 e. The van der Waals surface area contributed by atoms with Gasteiger partial charge in [0, 0.05) is 0 Å². The minimum atomic E-state index is -0.608. The number of hydrogen-bond donors (Lipinski definition) is 1. The molecule has 1 aromatic carbocycles. The van der Waals surface area contributed by atoms with Crippen molar-refractivity contribution in [3.8, 4) is 11.8 Å². The highest BCUT2D eigenvalue weighted by atomic mass is 16.5. The van der Waals surface area contributed by atoms with Crippen LogP contribution >= 0.6 is 0 Å². The van der Waals surface area contributed by atoms with Crippen LogP contribution in [0.4, 0.5) is 0 Å². The van der Waals surface area contributed by atoms with Crippen LogP contribution in [0.5, 0.6) is 0 Å². The molecule has 0 fully saturated rings. The van der Waals surface area contributed by atoms with Crippen molar-refractivity contribution in [2.24, 2.45) is 5.41 Å². The van der Waals surface area contributed by atoms with Gasteiger partial charge in [-0.25, -0.2) is 0 Å². The molecule has 1 atom stereocenters. The van der Waals surface area contributed by atoms with Crippen molar-refractivity contribution in [3.63, 3.8) is 0 Å². The lowest BCUT2D eigenvalue weighted by Crippen LogP contribution is -2.24. The van der Waals surface area contributed by atoms with E-state index in [-0.39, 0.29) is 5.41 Å². The summed E-state index contributed by atoms with van der Waals surface area (Å²) in [5, 5.41) is 9.67. The number of benzene rings is 1. The average molecular weight is 232 g/mol. The molecule has 2 nitrogen and oxygen atoms in total. The van der Waals surface area contributed by atoms with Crippen LogP contribution in [0.3, 0.4) is 0 Å². The van der Waals surface area contributed by atoms with E-state index in [4.69, 9.17) is 4.74 Å².